The lowest BCUT2D eigenvalue weighted by Gasteiger charge is -2.08. The van der Waals surface area contributed by atoms with Crippen molar-refractivity contribution in [3.63, 3.8) is 0 Å². The van der Waals surface area contributed by atoms with Crippen molar-refractivity contribution in [1.82, 2.24) is 4.98 Å². The monoisotopic (exact) mass is 263 g/mol. The van der Waals surface area contributed by atoms with Crippen LogP contribution in [0.3, 0.4) is 0 Å². The number of thiazole rings is 1. The summed E-state index contributed by atoms with van der Waals surface area (Å²) in [5.74, 6) is 1.19. The summed E-state index contributed by atoms with van der Waals surface area (Å²) in [4.78, 5) is 16.1. The number of hydrogen-bond acceptors (Lipinski definition) is 5. The van der Waals surface area contributed by atoms with Crippen molar-refractivity contribution in [2.24, 2.45) is 0 Å². The maximum Gasteiger partial charge on any atom is 0.153 e. The third kappa shape index (κ3) is 2.87. The van der Waals surface area contributed by atoms with Gasteiger partial charge in [-0.3, -0.25) is 4.79 Å². The number of carbonyl (C=O) groups is 1. The highest BCUT2D eigenvalue weighted by atomic mass is 32.1. The molecule has 18 heavy (non-hydrogen) atoms. The molecule has 0 aliphatic rings. The number of methoxy groups -OCH3 is 1. The maximum atomic E-state index is 11.0. The first kappa shape index (κ1) is 12.6. The quantitative estimate of drug-likeness (QED) is 0.778. The van der Waals surface area contributed by atoms with Gasteiger partial charge in [0.1, 0.15) is 18.1 Å². The van der Waals surface area contributed by atoms with Crippen molar-refractivity contribution in [1.29, 1.82) is 0 Å². The number of nitrogens with zero attached hydrogens (tertiary/aromatic N) is 1. The van der Waals surface area contributed by atoms with E-state index in [1.54, 1.807) is 42.8 Å². The first-order valence-electron chi connectivity index (χ1n) is 5.40. The summed E-state index contributed by atoms with van der Waals surface area (Å²) in [5.41, 5.74) is 0.482. The molecular formula is C13H13NO3S. The van der Waals surface area contributed by atoms with Gasteiger partial charge < -0.3 is 9.47 Å². The second kappa shape index (κ2) is 5.64. The van der Waals surface area contributed by atoms with Crippen LogP contribution in [0.1, 0.15) is 20.2 Å². The number of hydrogen-bond donors (Lipinski definition) is 0. The fourth-order valence-electron chi connectivity index (χ4n) is 1.50. The molecule has 2 aromatic rings. The molecule has 1 aromatic carbocycles. The lowest BCUT2D eigenvalue weighted by atomic mass is 10.2. The van der Waals surface area contributed by atoms with Crippen molar-refractivity contribution < 1.29 is 14.3 Å². The highest BCUT2D eigenvalue weighted by Crippen LogP contribution is 2.24. The molecule has 2 rings (SSSR count). The first-order chi connectivity index (χ1) is 8.72. The molecule has 5 heteroatoms. The molecule has 94 valence electrons. The Bertz CT molecular complexity index is 551. The van der Waals surface area contributed by atoms with Crippen LogP contribution in [0.4, 0.5) is 0 Å². The van der Waals surface area contributed by atoms with E-state index < -0.39 is 0 Å². The largest absolute Gasteiger partial charge is 0.497 e. The van der Waals surface area contributed by atoms with Crippen LogP contribution >= 0.6 is 11.3 Å². The Kier molecular flexibility index (Phi) is 3.94. The van der Waals surface area contributed by atoms with Crippen molar-refractivity contribution in [3.05, 3.63) is 39.8 Å². The second-order valence-corrected chi connectivity index (χ2v) is 4.98. The van der Waals surface area contributed by atoms with Gasteiger partial charge in [0, 0.05) is 6.20 Å². The summed E-state index contributed by atoms with van der Waals surface area (Å²) in [6.07, 6.45) is 2.54. The summed E-state index contributed by atoms with van der Waals surface area (Å²) < 4.78 is 10.7. The summed E-state index contributed by atoms with van der Waals surface area (Å²) in [6, 6.07) is 5.15. The molecule has 0 spiro atoms. The standard InChI is InChI=1S/C13H13NO3S/c1-9-14-6-12(18-9)8-17-13-4-3-11(16-2)5-10(13)7-15/h3-7H,8H2,1-2H3. The van der Waals surface area contributed by atoms with Crippen molar-refractivity contribution >= 4 is 17.6 Å². The van der Waals surface area contributed by atoms with E-state index in [1.807, 2.05) is 6.92 Å². The van der Waals surface area contributed by atoms with Crippen LogP contribution in [0.15, 0.2) is 24.4 Å². The smallest absolute Gasteiger partial charge is 0.153 e. The van der Waals surface area contributed by atoms with E-state index in [4.69, 9.17) is 9.47 Å². The predicted octanol–water partition coefficient (Wildman–Crippen LogP) is 2.85. The van der Waals surface area contributed by atoms with E-state index in [0.29, 0.717) is 23.7 Å². The van der Waals surface area contributed by atoms with Crippen LogP contribution in [-0.4, -0.2) is 18.4 Å². The van der Waals surface area contributed by atoms with E-state index >= 15 is 0 Å². The Morgan fingerprint density at radius 2 is 2.28 bits per heavy atom. The fraction of sp³-hybridized carbons (Fsp3) is 0.231. The van der Waals surface area contributed by atoms with Gasteiger partial charge in [0.25, 0.3) is 0 Å². The van der Waals surface area contributed by atoms with Crippen molar-refractivity contribution in [3.8, 4) is 11.5 Å². The Labute approximate surface area is 109 Å². The summed E-state index contributed by atoms with van der Waals surface area (Å²) >= 11 is 1.58. The minimum atomic E-state index is 0.415. The number of aryl methyl sites for hydroxylation is 1. The van der Waals surface area contributed by atoms with Gasteiger partial charge in [-0.05, 0) is 25.1 Å². The molecule has 0 bridgehead atoms. The van der Waals surface area contributed by atoms with Gasteiger partial charge in [-0.1, -0.05) is 0 Å². The van der Waals surface area contributed by atoms with E-state index in [0.717, 1.165) is 16.2 Å². The van der Waals surface area contributed by atoms with E-state index in [-0.39, 0.29) is 0 Å². The Hall–Kier alpha value is -1.88. The molecule has 0 aliphatic heterocycles. The molecule has 0 saturated carbocycles. The van der Waals surface area contributed by atoms with Crippen molar-refractivity contribution in [2.75, 3.05) is 7.11 Å². The zero-order valence-corrected chi connectivity index (χ0v) is 11.0. The second-order valence-electron chi connectivity index (χ2n) is 3.66. The molecule has 0 radical (unpaired) electrons. The summed E-state index contributed by atoms with van der Waals surface area (Å²) in [7, 11) is 1.56. The van der Waals surface area contributed by atoms with Gasteiger partial charge in [0.15, 0.2) is 6.29 Å². The van der Waals surface area contributed by atoms with Crippen LogP contribution in [0, 0.1) is 6.92 Å². The van der Waals surface area contributed by atoms with Crippen LogP contribution in [0.25, 0.3) is 0 Å². The van der Waals surface area contributed by atoms with Gasteiger partial charge >= 0.3 is 0 Å². The molecule has 0 N–H and O–H groups in total. The molecule has 0 saturated heterocycles. The van der Waals surface area contributed by atoms with E-state index in [1.165, 1.54) is 0 Å². The molecule has 0 fully saturated rings. The van der Waals surface area contributed by atoms with Gasteiger partial charge in [-0.25, -0.2) is 4.98 Å². The minimum absolute atomic E-state index is 0.415. The lowest BCUT2D eigenvalue weighted by Crippen LogP contribution is -1.97. The number of rotatable bonds is 5. The topological polar surface area (TPSA) is 48.4 Å². The molecule has 0 atom stereocenters. The number of aromatic nitrogens is 1. The number of benzene rings is 1. The summed E-state index contributed by atoms with van der Waals surface area (Å²) in [6.45, 7) is 2.36. The van der Waals surface area contributed by atoms with Crippen LogP contribution < -0.4 is 9.47 Å². The average molecular weight is 263 g/mol. The Morgan fingerprint density at radius 1 is 1.44 bits per heavy atom. The highest BCUT2D eigenvalue weighted by molar-refractivity contribution is 7.11. The molecule has 0 amide bonds. The molecule has 4 nitrogen and oxygen atoms in total. The van der Waals surface area contributed by atoms with Crippen LogP contribution in [0.2, 0.25) is 0 Å². The summed E-state index contributed by atoms with van der Waals surface area (Å²) in [5, 5.41) is 0.999. The minimum Gasteiger partial charge on any atom is -0.497 e. The number of aldehydes is 1. The molecule has 1 heterocycles. The van der Waals surface area contributed by atoms with Gasteiger partial charge in [0.2, 0.25) is 0 Å². The Morgan fingerprint density at radius 3 is 2.89 bits per heavy atom. The average Bonchev–Trinajstić information content (AvgIpc) is 2.82. The maximum absolute atomic E-state index is 11.0. The van der Waals surface area contributed by atoms with E-state index in [9.17, 15) is 4.79 Å². The predicted molar refractivity (Wildman–Crippen MR) is 69.6 cm³/mol. The SMILES string of the molecule is COc1ccc(OCc2cnc(C)s2)c(C=O)c1. The number of ether oxygens (including phenoxy) is 2. The van der Waals surface area contributed by atoms with Gasteiger partial charge in [-0.2, -0.15) is 0 Å². The van der Waals surface area contributed by atoms with Crippen LogP contribution in [0.5, 0.6) is 11.5 Å². The third-order valence-electron chi connectivity index (χ3n) is 2.38. The normalized spacial score (nSPS) is 10.1. The third-order valence-corrected chi connectivity index (χ3v) is 3.27. The number of carbonyl (C=O) groups excluding carboxylic acids is 1. The van der Waals surface area contributed by atoms with Crippen LogP contribution in [-0.2, 0) is 6.61 Å². The molecular weight excluding hydrogens is 250 g/mol. The zero-order valence-electron chi connectivity index (χ0n) is 10.2. The molecule has 0 unspecified atom stereocenters. The molecule has 1 aromatic heterocycles. The van der Waals surface area contributed by atoms with Crippen molar-refractivity contribution in [2.45, 2.75) is 13.5 Å². The fourth-order valence-corrected chi connectivity index (χ4v) is 2.21. The zero-order chi connectivity index (χ0) is 13.0. The highest BCUT2D eigenvalue weighted by Gasteiger charge is 2.06. The van der Waals surface area contributed by atoms with E-state index in [2.05, 4.69) is 4.98 Å². The lowest BCUT2D eigenvalue weighted by molar-refractivity contribution is 0.111. The first-order valence-corrected chi connectivity index (χ1v) is 6.22. The molecule has 0 aliphatic carbocycles. The van der Waals surface area contributed by atoms with Gasteiger partial charge in [-0.15, -0.1) is 11.3 Å². The van der Waals surface area contributed by atoms with Gasteiger partial charge in [0.05, 0.1) is 22.6 Å². The Balaban J connectivity index is 2.11.